The zero-order valence-electron chi connectivity index (χ0n) is 17.6. The molecule has 0 aliphatic rings. The fourth-order valence-electron chi connectivity index (χ4n) is 3.03. The van der Waals surface area contributed by atoms with Gasteiger partial charge in [-0.2, -0.15) is 0 Å². The molecular formula is C24H24N2O5. The maximum Gasteiger partial charge on any atom is 0.255 e. The number of rotatable bonds is 8. The van der Waals surface area contributed by atoms with Crippen LogP contribution in [0.1, 0.15) is 15.9 Å². The van der Waals surface area contributed by atoms with Crippen molar-refractivity contribution >= 4 is 23.2 Å². The molecule has 0 aromatic heterocycles. The van der Waals surface area contributed by atoms with E-state index in [-0.39, 0.29) is 18.2 Å². The van der Waals surface area contributed by atoms with Gasteiger partial charge >= 0.3 is 0 Å². The lowest BCUT2D eigenvalue weighted by atomic mass is 10.1. The highest BCUT2D eigenvalue weighted by Crippen LogP contribution is 2.28. The van der Waals surface area contributed by atoms with E-state index in [4.69, 9.17) is 14.2 Å². The second-order valence-electron chi connectivity index (χ2n) is 6.65. The minimum Gasteiger partial charge on any atom is -0.495 e. The van der Waals surface area contributed by atoms with E-state index < -0.39 is 0 Å². The fourth-order valence-corrected chi connectivity index (χ4v) is 3.03. The summed E-state index contributed by atoms with van der Waals surface area (Å²) >= 11 is 0. The Labute approximate surface area is 180 Å². The number of carbonyl (C=O) groups excluding carboxylic acids is 2. The summed E-state index contributed by atoms with van der Waals surface area (Å²) in [6.07, 6.45) is 0.177. The van der Waals surface area contributed by atoms with Gasteiger partial charge in [-0.15, -0.1) is 0 Å². The molecule has 0 fully saturated rings. The van der Waals surface area contributed by atoms with Gasteiger partial charge in [-0.25, -0.2) is 0 Å². The molecule has 3 rings (SSSR count). The Kier molecular flexibility index (Phi) is 7.11. The monoisotopic (exact) mass is 420 g/mol. The Balaban J connectivity index is 1.61. The summed E-state index contributed by atoms with van der Waals surface area (Å²) in [5.41, 5.74) is 2.44. The maximum atomic E-state index is 12.5. The molecule has 0 aliphatic heterocycles. The summed E-state index contributed by atoms with van der Waals surface area (Å²) in [7, 11) is 4.66. The van der Waals surface area contributed by atoms with Crippen molar-refractivity contribution in [2.75, 3.05) is 32.0 Å². The first-order chi connectivity index (χ1) is 15.0. The zero-order valence-corrected chi connectivity index (χ0v) is 17.6. The molecular weight excluding hydrogens is 396 g/mol. The van der Waals surface area contributed by atoms with Crippen molar-refractivity contribution in [1.82, 2.24) is 0 Å². The van der Waals surface area contributed by atoms with E-state index >= 15 is 0 Å². The van der Waals surface area contributed by atoms with E-state index in [2.05, 4.69) is 10.6 Å². The molecule has 0 spiro atoms. The van der Waals surface area contributed by atoms with E-state index in [1.54, 1.807) is 69.9 Å². The predicted molar refractivity (Wildman–Crippen MR) is 119 cm³/mol. The molecule has 0 radical (unpaired) electrons. The van der Waals surface area contributed by atoms with Crippen LogP contribution in [0.15, 0.2) is 66.7 Å². The summed E-state index contributed by atoms with van der Waals surface area (Å²) in [4.78, 5) is 24.9. The quantitative estimate of drug-likeness (QED) is 0.572. The highest BCUT2D eigenvalue weighted by atomic mass is 16.5. The van der Waals surface area contributed by atoms with Crippen molar-refractivity contribution in [1.29, 1.82) is 0 Å². The van der Waals surface area contributed by atoms with Crippen LogP contribution in [0.5, 0.6) is 17.2 Å². The third-order valence-electron chi connectivity index (χ3n) is 4.60. The van der Waals surface area contributed by atoms with Gasteiger partial charge in [0.05, 0.1) is 33.4 Å². The maximum absolute atomic E-state index is 12.5. The summed E-state index contributed by atoms with van der Waals surface area (Å²) in [5.74, 6) is 1.30. The van der Waals surface area contributed by atoms with Gasteiger partial charge in [0.2, 0.25) is 5.91 Å². The van der Waals surface area contributed by atoms with Crippen molar-refractivity contribution in [3.05, 3.63) is 77.9 Å². The Hall–Kier alpha value is -4.00. The highest BCUT2D eigenvalue weighted by Gasteiger charge is 2.11. The van der Waals surface area contributed by atoms with E-state index in [9.17, 15) is 9.59 Å². The van der Waals surface area contributed by atoms with Crippen LogP contribution in [-0.2, 0) is 11.2 Å². The van der Waals surface area contributed by atoms with Gasteiger partial charge < -0.3 is 24.8 Å². The number of hydrogen-bond acceptors (Lipinski definition) is 5. The average molecular weight is 420 g/mol. The van der Waals surface area contributed by atoms with E-state index in [1.807, 2.05) is 18.2 Å². The minimum atomic E-state index is -0.271. The molecule has 0 saturated carbocycles. The Morgan fingerprint density at radius 1 is 0.742 bits per heavy atom. The Bertz CT molecular complexity index is 1060. The number of carbonyl (C=O) groups is 2. The van der Waals surface area contributed by atoms with Crippen LogP contribution in [0, 0.1) is 0 Å². The summed E-state index contributed by atoms with van der Waals surface area (Å²) in [6, 6.07) is 19.2. The third-order valence-corrected chi connectivity index (χ3v) is 4.60. The lowest BCUT2D eigenvalue weighted by molar-refractivity contribution is -0.115. The first-order valence-corrected chi connectivity index (χ1v) is 9.59. The van der Waals surface area contributed by atoms with Crippen LogP contribution < -0.4 is 24.8 Å². The highest BCUT2D eigenvalue weighted by molar-refractivity contribution is 6.05. The molecule has 7 heteroatoms. The minimum absolute atomic E-state index is 0.177. The molecule has 0 saturated heterocycles. The zero-order chi connectivity index (χ0) is 22.2. The molecule has 0 unspecified atom stereocenters. The van der Waals surface area contributed by atoms with Crippen molar-refractivity contribution < 1.29 is 23.8 Å². The van der Waals surface area contributed by atoms with Crippen molar-refractivity contribution in [2.24, 2.45) is 0 Å². The summed E-state index contributed by atoms with van der Waals surface area (Å²) in [5, 5.41) is 5.65. The molecule has 0 heterocycles. The molecule has 2 N–H and O–H groups in total. The van der Waals surface area contributed by atoms with Gasteiger partial charge in [0.25, 0.3) is 5.91 Å². The first-order valence-electron chi connectivity index (χ1n) is 9.59. The van der Waals surface area contributed by atoms with Crippen LogP contribution in [-0.4, -0.2) is 33.1 Å². The Morgan fingerprint density at radius 3 is 2.10 bits per heavy atom. The van der Waals surface area contributed by atoms with E-state index in [1.165, 1.54) is 0 Å². The molecule has 160 valence electrons. The molecule has 0 aliphatic carbocycles. The number of hydrogen-bond donors (Lipinski definition) is 2. The topological polar surface area (TPSA) is 85.9 Å². The van der Waals surface area contributed by atoms with E-state index in [0.717, 1.165) is 5.56 Å². The Morgan fingerprint density at radius 2 is 1.42 bits per heavy atom. The van der Waals surface area contributed by atoms with Crippen LogP contribution >= 0.6 is 0 Å². The number of amides is 2. The van der Waals surface area contributed by atoms with Crippen LogP contribution in [0.3, 0.4) is 0 Å². The molecule has 3 aromatic rings. The van der Waals surface area contributed by atoms with Crippen molar-refractivity contribution in [2.45, 2.75) is 6.42 Å². The normalized spacial score (nSPS) is 10.2. The van der Waals surface area contributed by atoms with Gasteiger partial charge in [-0.1, -0.05) is 18.2 Å². The molecule has 31 heavy (non-hydrogen) atoms. The first kappa shape index (κ1) is 21.7. The summed E-state index contributed by atoms with van der Waals surface area (Å²) in [6.45, 7) is 0. The molecule has 0 bridgehead atoms. The molecule has 2 amide bonds. The number of benzene rings is 3. The van der Waals surface area contributed by atoms with Crippen molar-refractivity contribution in [3.8, 4) is 17.2 Å². The second kappa shape index (κ2) is 10.2. The summed E-state index contributed by atoms with van der Waals surface area (Å²) < 4.78 is 15.7. The van der Waals surface area contributed by atoms with Gasteiger partial charge in [0, 0.05) is 11.3 Å². The van der Waals surface area contributed by atoms with Gasteiger partial charge in [0.15, 0.2) is 11.5 Å². The lowest BCUT2D eigenvalue weighted by Gasteiger charge is -2.11. The van der Waals surface area contributed by atoms with Crippen LogP contribution in [0.4, 0.5) is 11.4 Å². The van der Waals surface area contributed by atoms with Crippen molar-refractivity contribution in [3.63, 3.8) is 0 Å². The van der Waals surface area contributed by atoms with Gasteiger partial charge in [-0.3, -0.25) is 9.59 Å². The van der Waals surface area contributed by atoms with E-state index in [0.29, 0.717) is 34.2 Å². The average Bonchev–Trinajstić information content (AvgIpc) is 2.79. The molecule has 7 nitrogen and oxygen atoms in total. The number of nitrogens with one attached hydrogen (secondary N) is 2. The molecule has 0 atom stereocenters. The molecule has 3 aromatic carbocycles. The van der Waals surface area contributed by atoms with Gasteiger partial charge in [-0.05, 0) is 54.1 Å². The second-order valence-corrected chi connectivity index (χ2v) is 6.65. The number of para-hydroxylation sites is 2. The number of methoxy groups -OCH3 is 3. The lowest BCUT2D eigenvalue weighted by Crippen LogP contribution is -2.15. The van der Waals surface area contributed by atoms with Crippen LogP contribution in [0.25, 0.3) is 0 Å². The SMILES string of the molecule is COc1ccccc1NC(=O)c1ccc(NC(=O)Cc2ccc(OC)c(OC)c2)cc1. The van der Waals surface area contributed by atoms with Crippen LogP contribution in [0.2, 0.25) is 0 Å². The number of anilines is 2. The fraction of sp³-hybridized carbons (Fsp3) is 0.167. The smallest absolute Gasteiger partial charge is 0.255 e. The standard InChI is InChI=1S/C24H24N2O5/c1-29-20-7-5-4-6-19(20)26-24(28)17-9-11-18(12-10-17)25-23(27)15-16-8-13-21(30-2)22(14-16)31-3/h4-14H,15H2,1-3H3,(H,25,27)(H,26,28). The largest absolute Gasteiger partial charge is 0.495 e. The predicted octanol–water partition coefficient (Wildman–Crippen LogP) is 4.15. The van der Waals surface area contributed by atoms with Gasteiger partial charge in [0.1, 0.15) is 5.75 Å². The third kappa shape index (κ3) is 5.54. The number of ether oxygens (including phenoxy) is 3.